The maximum Gasteiger partial charge on any atom is 0.250 e. The van der Waals surface area contributed by atoms with E-state index in [0.717, 1.165) is 5.75 Å². The molecule has 2 rings (SSSR count). The quantitative estimate of drug-likeness (QED) is 0.598. The third-order valence-electron chi connectivity index (χ3n) is 3.39. The van der Waals surface area contributed by atoms with Crippen LogP contribution in [0.3, 0.4) is 0 Å². The van der Waals surface area contributed by atoms with E-state index in [4.69, 9.17) is 4.74 Å². The fourth-order valence-electron chi connectivity index (χ4n) is 2.04. The Morgan fingerprint density at radius 2 is 2.08 bits per heavy atom. The predicted octanol–water partition coefficient (Wildman–Crippen LogP) is 3.09. The summed E-state index contributed by atoms with van der Waals surface area (Å²) in [6, 6.07) is 13.2. The van der Waals surface area contributed by atoms with Crippen LogP contribution in [-0.4, -0.2) is 30.1 Å². The minimum Gasteiger partial charge on any atom is -0.504 e. The largest absolute Gasteiger partial charge is 0.504 e. The summed E-state index contributed by atoms with van der Waals surface area (Å²) >= 11 is 1.53. The number of thioether (sulfide) groups is 1. The molecular formula is C18H20N2O3S. The molecule has 0 aliphatic heterocycles. The van der Waals surface area contributed by atoms with Crippen molar-refractivity contribution in [2.45, 2.75) is 12.7 Å². The van der Waals surface area contributed by atoms with Crippen LogP contribution in [0.5, 0.6) is 11.5 Å². The molecule has 5 nitrogen and oxygen atoms in total. The molecule has 126 valence electrons. The average Bonchev–Trinajstić information content (AvgIpc) is 2.58. The Morgan fingerprint density at radius 3 is 2.83 bits per heavy atom. The van der Waals surface area contributed by atoms with Gasteiger partial charge in [0.15, 0.2) is 11.5 Å². The number of phenols is 1. The maximum absolute atomic E-state index is 11.8. The van der Waals surface area contributed by atoms with Crippen LogP contribution < -0.4 is 10.2 Å². The molecule has 0 radical (unpaired) electrons. The highest BCUT2D eigenvalue weighted by atomic mass is 32.2. The van der Waals surface area contributed by atoms with Gasteiger partial charge in [0.1, 0.15) is 0 Å². The topological polar surface area (TPSA) is 70.9 Å². The summed E-state index contributed by atoms with van der Waals surface area (Å²) in [5.74, 6) is 1.26. The lowest BCUT2D eigenvalue weighted by atomic mass is 10.1. The average molecular weight is 344 g/mol. The van der Waals surface area contributed by atoms with Gasteiger partial charge in [-0.3, -0.25) is 4.79 Å². The molecule has 0 atom stereocenters. The molecule has 0 aromatic heterocycles. The van der Waals surface area contributed by atoms with Crippen molar-refractivity contribution in [1.29, 1.82) is 0 Å². The summed E-state index contributed by atoms with van der Waals surface area (Å²) in [6.07, 6.45) is 1.39. The van der Waals surface area contributed by atoms with Crippen LogP contribution >= 0.6 is 11.8 Å². The molecule has 0 bridgehead atoms. The Bertz CT molecular complexity index is 732. The highest BCUT2D eigenvalue weighted by molar-refractivity contribution is 7.99. The van der Waals surface area contributed by atoms with Crippen LogP contribution in [0, 0.1) is 6.92 Å². The fourth-order valence-corrected chi connectivity index (χ4v) is 2.94. The van der Waals surface area contributed by atoms with Gasteiger partial charge in [0.05, 0.1) is 19.1 Å². The number of para-hydroxylation sites is 1. The molecule has 0 saturated heterocycles. The lowest BCUT2D eigenvalue weighted by Crippen LogP contribution is -2.19. The number of hydrogen-bond donors (Lipinski definition) is 2. The second-order valence-corrected chi connectivity index (χ2v) is 6.10. The van der Waals surface area contributed by atoms with Crippen molar-refractivity contribution in [2.24, 2.45) is 5.10 Å². The molecule has 2 N–H and O–H groups in total. The van der Waals surface area contributed by atoms with E-state index in [0.29, 0.717) is 17.1 Å². The first kappa shape index (κ1) is 17.9. The molecule has 0 unspecified atom stereocenters. The van der Waals surface area contributed by atoms with E-state index in [1.165, 1.54) is 36.2 Å². The predicted molar refractivity (Wildman–Crippen MR) is 97.7 cm³/mol. The van der Waals surface area contributed by atoms with Gasteiger partial charge >= 0.3 is 0 Å². The molecule has 0 spiro atoms. The number of benzene rings is 2. The Balaban J connectivity index is 1.80. The maximum atomic E-state index is 11.8. The van der Waals surface area contributed by atoms with Crippen molar-refractivity contribution in [3.63, 3.8) is 0 Å². The van der Waals surface area contributed by atoms with Gasteiger partial charge in [-0.2, -0.15) is 5.10 Å². The lowest BCUT2D eigenvalue weighted by molar-refractivity contribution is -0.118. The van der Waals surface area contributed by atoms with E-state index < -0.39 is 0 Å². The fraction of sp³-hybridized carbons (Fsp3) is 0.222. The van der Waals surface area contributed by atoms with Crippen LogP contribution in [0.2, 0.25) is 0 Å². The summed E-state index contributed by atoms with van der Waals surface area (Å²) in [5.41, 5.74) is 5.37. The van der Waals surface area contributed by atoms with E-state index in [-0.39, 0.29) is 11.7 Å². The number of phenolic OH excluding ortho intramolecular Hbond substituents is 1. The van der Waals surface area contributed by atoms with E-state index in [1.807, 2.05) is 12.1 Å². The van der Waals surface area contributed by atoms with Crippen molar-refractivity contribution in [3.8, 4) is 11.5 Å². The first-order chi connectivity index (χ1) is 11.6. The number of hydrazone groups is 1. The number of amides is 1. The third-order valence-corrected chi connectivity index (χ3v) is 4.38. The van der Waals surface area contributed by atoms with Crippen LogP contribution in [0.15, 0.2) is 47.6 Å². The molecule has 0 saturated carbocycles. The second-order valence-electron chi connectivity index (χ2n) is 5.11. The zero-order valence-electron chi connectivity index (χ0n) is 13.7. The van der Waals surface area contributed by atoms with E-state index in [2.05, 4.69) is 29.6 Å². The summed E-state index contributed by atoms with van der Waals surface area (Å²) < 4.78 is 5.02. The number of carbonyl (C=O) groups is 1. The summed E-state index contributed by atoms with van der Waals surface area (Å²) in [6.45, 7) is 2.06. The molecule has 0 heterocycles. The first-order valence-corrected chi connectivity index (χ1v) is 8.57. The zero-order chi connectivity index (χ0) is 17.4. The minimum absolute atomic E-state index is 0.00748. The Hall–Kier alpha value is -2.47. The van der Waals surface area contributed by atoms with E-state index in [9.17, 15) is 9.90 Å². The number of rotatable bonds is 7. The smallest absolute Gasteiger partial charge is 0.250 e. The van der Waals surface area contributed by atoms with Gasteiger partial charge in [-0.1, -0.05) is 30.3 Å². The van der Waals surface area contributed by atoms with Crippen LogP contribution in [0.25, 0.3) is 0 Å². The zero-order valence-corrected chi connectivity index (χ0v) is 14.5. The van der Waals surface area contributed by atoms with E-state index >= 15 is 0 Å². The van der Waals surface area contributed by atoms with Gasteiger partial charge in [0.25, 0.3) is 0 Å². The van der Waals surface area contributed by atoms with Crippen molar-refractivity contribution in [1.82, 2.24) is 5.43 Å². The van der Waals surface area contributed by atoms with E-state index in [1.54, 1.807) is 18.2 Å². The molecule has 0 aliphatic rings. The molecule has 0 aliphatic carbocycles. The molecule has 0 fully saturated rings. The second kappa shape index (κ2) is 8.98. The highest BCUT2D eigenvalue weighted by Gasteiger charge is 2.05. The Kier molecular flexibility index (Phi) is 6.69. The number of nitrogens with zero attached hydrogens (tertiary/aromatic N) is 1. The number of methoxy groups -OCH3 is 1. The Morgan fingerprint density at radius 1 is 1.29 bits per heavy atom. The standard InChI is InChI=1S/C18H20N2O3S/c1-13-6-3-4-7-15(13)11-24-12-17(21)20-19-10-14-8-5-9-16(23-2)18(14)22/h3-10,22H,11-12H2,1-2H3,(H,20,21)/b19-10-. The van der Waals surface area contributed by atoms with Crippen molar-refractivity contribution in [3.05, 3.63) is 59.2 Å². The first-order valence-electron chi connectivity index (χ1n) is 7.42. The number of nitrogens with one attached hydrogen (secondary N) is 1. The van der Waals surface area contributed by atoms with Crippen molar-refractivity contribution >= 4 is 23.9 Å². The van der Waals surface area contributed by atoms with Crippen molar-refractivity contribution in [2.75, 3.05) is 12.9 Å². The number of ether oxygens (including phenoxy) is 1. The number of carbonyl (C=O) groups excluding carboxylic acids is 1. The third kappa shape index (κ3) is 5.03. The van der Waals surface area contributed by atoms with Gasteiger partial charge in [0, 0.05) is 11.3 Å². The lowest BCUT2D eigenvalue weighted by Gasteiger charge is -2.05. The van der Waals surface area contributed by atoms with Crippen LogP contribution in [0.1, 0.15) is 16.7 Å². The van der Waals surface area contributed by atoms with Crippen LogP contribution in [0.4, 0.5) is 0 Å². The number of aryl methyl sites for hydroxylation is 1. The molecule has 2 aromatic carbocycles. The molecular weight excluding hydrogens is 324 g/mol. The highest BCUT2D eigenvalue weighted by Crippen LogP contribution is 2.27. The summed E-state index contributed by atoms with van der Waals surface area (Å²) in [4.78, 5) is 11.8. The van der Waals surface area contributed by atoms with Gasteiger partial charge in [-0.15, -0.1) is 11.8 Å². The monoisotopic (exact) mass is 344 g/mol. The number of hydrogen-bond acceptors (Lipinski definition) is 5. The molecule has 6 heteroatoms. The minimum atomic E-state index is -0.188. The molecule has 24 heavy (non-hydrogen) atoms. The summed E-state index contributed by atoms with van der Waals surface area (Å²) in [7, 11) is 1.48. The normalized spacial score (nSPS) is 10.8. The van der Waals surface area contributed by atoms with Gasteiger partial charge in [-0.05, 0) is 30.2 Å². The summed E-state index contributed by atoms with van der Waals surface area (Å²) in [5, 5.41) is 13.8. The van der Waals surface area contributed by atoms with Crippen LogP contribution in [-0.2, 0) is 10.5 Å². The van der Waals surface area contributed by atoms with Crippen molar-refractivity contribution < 1.29 is 14.6 Å². The molecule has 1 amide bonds. The van der Waals surface area contributed by atoms with Gasteiger partial charge < -0.3 is 9.84 Å². The Labute approximate surface area is 145 Å². The van der Waals surface area contributed by atoms with Gasteiger partial charge in [-0.25, -0.2) is 5.43 Å². The number of aromatic hydroxyl groups is 1. The van der Waals surface area contributed by atoms with Gasteiger partial charge in [0.2, 0.25) is 5.91 Å². The molecule has 2 aromatic rings. The SMILES string of the molecule is COc1cccc(/C=N\NC(=O)CSCc2ccccc2C)c1O.